The first-order valence-electron chi connectivity index (χ1n) is 10.2. The molecule has 7 nitrogen and oxygen atoms in total. The van der Waals surface area contributed by atoms with Crippen LogP contribution in [-0.2, 0) is 4.79 Å². The summed E-state index contributed by atoms with van der Waals surface area (Å²) in [5.41, 5.74) is 1.40. The summed E-state index contributed by atoms with van der Waals surface area (Å²) in [7, 11) is 3.07. The summed E-state index contributed by atoms with van der Waals surface area (Å²) >= 11 is 0. The Balaban J connectivity index is 1.69. The quantitative estimate of drug-likeness (QED) is 0.693. The number of methoxy groups -OCH3 is 2. The highest BCUT2D eigenvalue weighted by molar-refractivity contribution is 5.95. The van der Waals surface area contributed by atoms with E-state index in [2.05, 4.69) is 4.90 Å². The molecule has 1 aliphatic rings. The number of hydrogen-bond acceptors (Lipinski definition) is 5. The molecule has 2 aromatic rings. The summed E-state index contributed by atoms with van der Waals surface area (Å²) in [6.07, 6.45) is 0.442. The van der Waals surface area contributed by atoms with Crippen LogP contribution in [0.1, 0.15) is 34.8 Å². The van der Waals surface area contributed by atoms with Crippen molar-refractivity contribution in [1.82, 2.24) is 9.80 Å². The number of carbonyl (C=O) groups excluding carboxylic acids is 1. The molecule has 1 saturated heterocycles. The number of carboxylic acid groups (broad SMARTS) is 1. The number of benzene rings is 2. The maximum atomic E-state index is 13.3. The molecular weight excluding hydrogens is 403 g/mol. The van der Waals surface area contributed by atoms with Crippen LogP contribution >= 0.6 is 0 Å². The Bertz CT molecular complexity index is 911. The Morgan fingerprint density at radius 1 is 1.00 bits per heavy atom. The minimum atomic E-state index is -0.866. The molecule has 0 aliphatic carbocycles. The van der Waals surface area contributed by atoms with Crippen LogP contribution in [0.15, 0.2) is 42.5 Å². The third kappa shape index (κ3) is 5.52. The van der Waals surface area contributed by atoms with Crippen LogP contribution in [-0.4, -0.2) is 67.2 Å². The molecule has 3 rings (SSSR count). The van der Waals surface area contributed by atoms with Gasteiger partial charge < -0.3 is 19.5 Å². The fourth-order valence-corrected chi connectivity index (χ4v) is 3.89. The number of carboxylic acids is 1. The van der Waals surface area contributed by atoms with E-state index in [0.717, 1.165) is 5.56 Å². The summed E-state index contributed by atoms with van der Waals surface area (Å²) in [4.78, 5) is 28.0. The first-order valence-corrected chi connectivity index (χ1v) is 10.2. The van der Waals surface area contributed by atoms with Gasteiger partial charge in [0.05, 0.1) is 14.2 Å². The molecule has 1 N–H and O–H groups in total. The summed E-state index contributed by atoms with van der Waals surface area (Å²) in [6, 6.07) is 11.1. The summed E-state index contributed by atoms with van der Waals surface area (Å²) in [6.45, 7) is 2.22. The summed E-state index contributed by atoms with van der Waals surface area (Å²) < 4.78 is 23.9. The number of carbonyl (C=O) groups is 2. The molecule has 1 atom stereocenters. The smallest absolute Gasteiger partial charge is 0.303 e. The Hall–Kier alpha value is -3.13. The lowest BCUT2D eigenvalue weighted by Crippen LogP contribution is -2.49. The van der Waals surface area contributed by atoms with Crippen molar-refractivity contribution >= 4 is 11.9 Å². The Kier molecular flexibility index (Phi) is 7.46. The van der Waals surface area contributed by atoms with E-state index in [0.29, 0.717) is 49.7 Å². The number of halogens is 1. The van der Waals surface area contributed by atoms with Crippen molar-refractivity contribution < 1.29 is 28.6 Å². The molecule has 0 unspecified atom stereocenters. The molecular formula is C23H27FN2O5. The van der Waals surface area contributed by atoms with E-state index in [-0.39, 0.29) is 24.2 Å². The van der Waals surface area contributed by atoms with E-state index >= 15 is 0 Å². The molecule has 1 aliphatic heterocycles. The minimum absolute atomic E-state index is 0.0207. The third-order valence-corrected chi connectivity index (χ3v) is 5.56. The predicted octanol–water partition coefficient (Wildman–Crippen LogP) is 3.21. The SMILES string of the molecule is COc1ccc(C(=O)N2CCN([C@H](CCC(=O)O)c3ccc(F)cc3)CC2)cc1OC. The van der Waals surface area contributed by atoms with Gasteiger partial charge in [0.15, 0.2) is 11.5 Å². The minimum Gasteiger partial charge on any atom is -0.493 e. The van der Waals surface area contributed by atoms with Gasteiger partial charge in [-0.15, -0.1) is 0 Å². The number of rotatable bonds is 8. The number of piperazine rings is 1. The molecule has 1 amide bonds. The van der Waals surface area contributed by atoms with E-state index in [1.165, 1.54) is 19.2 Å². The lowest BCUT2D eigenvalue weighted by atomic mass is 9.99. The maximum absolute atomic E-state index is 13.3. The molecule has 166 valence electrons. The molecule has 0 saturated carbocycles. The standard InChI is InChI=1S/C23H27FN2O5/c1-30-20-9-5-17(15-21(20)31-2)23(29)26-13-11-25(12-14-26)19(8-10-22(27)28)16-3-6-18(24)7-4-16/h3-7,9,15,19H,8,10-14H2,1-2H3,(H,27,28)/t19-/m1/s1. The Morgan fingerprint density at radius 3 is 2.23 bits per heavy atom. The van der Waals surface area contributed by atoms with E-state index in [1.54, 1.807) is 42.3 Å². The van der Waals surface area contributed by atoms with Gasteiger partial charge in [-0.25, -0.2) is 4.39 Å². The van der Waals surface area contributed by atoms with Crippen molar-refractivity contribution in [3.63, 3.8) is 0 Å². The van der Waals surface area contributed by atoms with Crippen LogP contribution < -0.4 is 9.47 Å². The lowest BCUT2D eigenvalue weighted by molar-refractivity contribution is -0.137. The van der Waals surface area contributed by atoms with Crippen molar-refractivity contribution in [3.05, 3.63) is 59.4 Å². The number of hydrogen-bond donors (Lipinski definition) is 1. The lowest BCUT2D eigenvalue weighted by Gasteiger charge is -2.39. The molecule has 1 heterocycles. The van der Waals surface area contributed by atoms with Crippen molar-refractivity contribution in [2.45, 2.75) is 18.9 Å². The van der Waals surface area contributed by atoms with Crippen LogP contribution in [0.25, 0.3) is 0 Å². The second kappa shape index (κ2) is 10.3. The Morgan fingerprint density at radius 2 is 1.65 bits per heavy atom. The topological polar surface area (TPSA) is 79.3 Å². The highest BCUT2D eigenvalue weighted by Gasteiger charge is 2.28. The zero-order valence-corrected chi connectivity index (χ0v) is 17.7. The Labute approximate surface area is 181 Å². The molecule has 8 heteroatoms. The number of aliphatic carboxylic acids is 1. The van der Waals surface area contributed by atoms with Crippen LogP contribution in [0.2, 0.25) is 0 Å². The van der Waals surface area contributed by atoms with Gasteiger partial charge in [0.2, 0.25) is 0 Å². The van der Waals surface area contributed by atoms with Gasteiger partial charge >= 0.3 is 5.97 Å². The highest BCUT2D eigenvalue weighted by Crippen LogP contribution is 2.30. The van der Waals surface area contributed by atoms with Crippen molar-refractivity contribution in [3.8, 4) is 11.5 Å². The fraction of sp³-hybridized carbons (Fsp3) is 0.391. The van der Waals surface area contributed by atoms with E-state index in [1.807, 2.05) is 0 Å². The summed E-state index contributed by atoms with van der Waals surface area (Å²) in [5.74, 6) is -0.230. The molecule has 1 fully saturated rings. The van der Waals surface area contributed by atoms with Crippen molar-refractivity contribution in [1.29, 1.82) is 0 Å². The highest BCUT2D eigenvalue weighted by atomic mass is 19.1. The molecule has 0 bridgehead atoms. The fourth-order valence-electron chi connectivity index (χ4n) is 3.89. The molecule has 0 spiro atoms. The molecule has 31 heavy (non-hydrogen) atoms. The third-order valence-electron chi connectivity index (χ3n) is 5.56. The van der Waals surface area contributed by atoms with E-state index < -0.39 is 5.97 Å². The number of nitrogens with zero attached hydrogens (tertiary/aromatic N) is 2. The first kappa shape index (κ1) is 22.6. The zero-order valence-electron chi connectivity index (χ0n) is 17.7. The molecule has 2 aromatic carbocycles. The average Bonchev–Trinajstić information content (AvgIpc) is 2.79. The van der Waals surface area contributed by atoms with Gasteiger partial charge in [0.25, 0.3) is 5.91 Å². The van der Waals surface area contributed by atoms with Crippen molar-refractivity contribution in [2.24, 2.45) is 0 Å². The molecule has 0 radical (unpaired) electrons. The van der Waals surface area contributed by atoms with Crippen LogP contribution in [0.5, 0.6) is 11.5 Å². The van der Waals surface area contributed by atoms with E-state index in [4.69, 9.17) is 14.6 Å². The van der Waals surface area contributed by atoms with Gasteiger partial charge in [-0.1, -0.05) is 12.1 Å². The maximum Gasteiger partial charge on any atom is 0.303 e. The monoisotopic (exact) mass is 430 g/mol. The number of ether oxygens (including phenoxy) is 2. The van der Waals surface area contributed by atoms with Crippen LogP contribution in [0, 0.1) is 5.82 Å². The van der Waals surface area contributed by atoms with Gasteiger partial charge in [-0.2, -0.15) is 0 Å². The van der Waals surface area contributed by atoms with Crippen LogP contribution in [0.4, 0.5) is 4.39 Å². The van der Waals surface area contributed by atoms with Gasteiger partial charge in [-0.3, -0.25) is 14.5 Å². The summed E-state index contributed by atoms with van der Waals surface area (Å²) in [5, 5.41) is 9.12. The van der Waals surface area contributed by atoms with Gasteiger partial charge in [-0.05, 0) is 42.3 Å². The second-order valence-electron chi connectivity index (χ2n) is 7.40. The zero-order chi connectivity index (χ0) is 22.4. The van der Waals surface area contributed by atoms with Gasteiger partial charge in [0, 0.05) is 44.2 Å². The van der Waals surface area contributed by atoms with Crippen LogP contribution in [0.3, 0.4) is 0 Å². The molecule has 0 aromatic heterocycles. The normalized spacial score (nSPS) is 15.4. The van der Waals surface area contributed by atoms with Gasteiger partial charge in [0.1, 0.15) is 5.82 Å². The number of amides is 1. The second-order valence-corrected chi connectivity index (χ2v) is 7.40. The average molecular weight is 430 g/mol. The largest absolute Gasteiger partial charge is 0.493 e. The van der Waals surface area contributed by atoms with E-state index in [9.17, 15) is 14.0 Å². The first-order chi connectivity index (χ1) is 14.9. The van der Waals surface area contributed by atoms with Crippen molar-refractivity contribution in [2.75, 3.05) is 40.4 Å². The predicted molar refractivity (Wildman–Crippen MR) is 113 cm³/mol.